The molecule has 3 nitrogen and oxygen atoms in total. The molecule has 2 aromatic rings. The molecule has 0 aliphatic heterocycles. The Morgan fingerprint density at radius 3 is 2.62 bits per heavy atom. The van der Waals surface area contributed by atoms with Crippen LogP contribution in [0.3, 0.4) is 0 Å². The van der Waals surface area contributed by atoms with Gasteiger partial charge in [-0.15, -0.1) is 0 Å². The largest absolute Gasteiger partial charge is 0.481 e. The highest BCUT2D eigenvalue weighted by atomic mass is 35.5. The van der Waals surface area contributed by atoms with E-state index in [0.29, 0.717) is 17.2 Å². The zero-order valence-corrected chi connectivity index (χ0v) is 15.4. The molecule has 0 spiro atoms. The van der Waals surface area contributed by atoms with Crippen molar-refractivity contribution in [2.75, 3.05) is 0 Å². The molecule has 0 saturated carbocycles. The maximum Gasteiger partial charge on any atom is 0.261 e. The van der Waals surface area contributed by atoms with E-state index < -0.39 is 6.10 Å². The second kappa shape index (κ2) is 8.20. The molecule has 0 unspecified atom stereocenters. The minimum atomic E-state index is -0.545. The van der Waals surface area contributed by atoms with Gasteiger partial charge in [-0.2, -0.15) is 0 Å². The maximum absolute atomic E-state index is 12.6. The highest BCUT2D eigenvalue weighted by molar-refractivity contribution is 6.30. The quantitative estimate of drug-likeness (QED) is 0.800. The number of nitrogens with one attached hydrogen (secondary N) is 1. The van der Waals surface area contributed by atoms with Gasteiger partial charge in [0.1, 0.15) is 5.75 Å². The average molecular weight is 346 g/mol. The second-order valence-electron chi connectivity index (χ2n) is 6.06. The van der Waals surface area contributed by atoms with E-state index in [9.17, 15) is 4.79 Å². The Hall–Kier alpha value is -2.00. The SMILES string of the molecule is CC[C@H](Oc1cccc(Cl)c1)C(=O)N[C@H](C)c1cc(C)ccc1C. The first-order chi connectivity index (χ1) is 11.4. The Bertz CT molecular complexity index is 715. The van der Waals surface area contributed by atoms with E-state index >= 15 is 0 Å². The molecule has 0 heterocycles. The van der Waals surface area contributed by atoms with E-state index in [2.05, 4.69) is 37.4 Å². The third-order valence-electron chi connectivity index (χ3n) is 4.00. The minimum Gasteiger partial charge on any atom is -0.481 e. The molecule has 128 valence electrons. The number of carbonyl (C=O) groups excluding carboxylic acids is 1. The van der Waals surface area contributed by atoms with Crippen LogP contribution in [0.15, 0.2) is 42.5 Å². The lowest BCUT2D eigenvalue weighted by Gasteiger charge is -2.22. The molecule has 1 amide bonds. The summed E-state index contributed by atoms with van der Waals surface area (Å²) in [5.41, 5.74) is 3.47. The smallest absolute Gasteiger partial charge is 0.261 e. The van der Waals surface area contributed by atoms with Gasteiger partial charge in [0, 0.05) is 5.02 Å². The third-order valence-corrected chi connectivity index (χ3v) is 4.23. The van der Waals surface area contributed by atoms with Gasteiger partial charge in [-0.05, 0) is 56.5 Å². The predicted octanol–water partition coefficient (Wildman–Crippen LogP) is 4.99. The summed E-state index contributed by atoms with van der Waals surface area (Å²) >= 11 is 5.97. The molecule has 4 heteroatoms. The van der Waals surface area contributed by atoms with Crippen LogP contribution in [0.5, 0.6) is 5.75 Å². The van der Waals surface area contributed by atoms with Crippen LogP contribution in [0, 0.1) is 13.8 Å². The summed E-state index contributed by atoms with van der Waals surface area (Å²) in [6, 6.07) is 13.3. The molecule has 0 fully saturated rings. The zero-order valence-electron chi connectivity index (χ0n) is 14.6. The summed E-state index contributed by atoms with van der Waals surface area (Å²) < 4.78 is 5.80. The fourth-order valence-corrected chi connectivity index (χ4v) is 2.82. The van der Waals surface area contributed by atoms with Crippen LogP contribution in [-0.4, -0.2) is 12.0 Å². The summed E-state index contributed by atoms with van der Waals surface area (Å²) in [5, 5.41) is 3.64. The van der Waals surface area contributed by atoms with Crippen LogP contribution in [0.4, 0.5) is 0 Å². The molecule has 0 radical (unpaired) electrons. The van der Waals surface area contributed by atoms with Crippen molar-refractivity contribution in [1.82, 2.24) is 5.32 Å². The van der Waals surface area contributed by atoms with Crippen LogP contribution < -0.4 is 10.1 Å². The first kappa shape index (κ1) is 18.3. The standard InChI is InChI=1S/C20H24ClNO2/c1-5-19(24-17-8-6-7-16(21)12-17)20(23)22-15(4)18-11-13(2)9-10-14(18)3/h6-12,15,19H,5H2,1-4H3,(H,22,23)/t15-,19+/m1/s1. The van der Waals surface area contributed by atoms with E-state index in [4.69, 9.17) is 16.3 Å². The van der Waals surface area contributed by atoms with Crippen molar-refractivity contribution >= 4 is 17.5 Å². The van der Waals surface area contributed by atoms with Crippen molar-refractivity contribution in [3.8, 4) is 5.75 Å². The Labute approximate surface area is 149 Å². The molecule has 0 aliphatic rings. The van der Waals surface area contributed by atoms with Gasteiger partial charge in [-0.25, -0.2) is 0 Å². The minimum absolute atomic E-state index is 0.0746. The molecule has 0 aliphatic carbocycles. The first-order valence-electron chi connectivity index (χ1n) is 8.20. The molecular formula is C20H24ClNO2. The Morgan fingerprint density at radius 1 is 1.21 bits per heavy atom. The second-order valence-corrected chi connectivity index (χ2v) is 6.50. The number of carbonyl (C=O) groups is 1. The Balaban J connectivity index is 2.07. The van der Waals surface area contributed by atoms with Crippen molar-refractivity contribution in [2.24, 2.45) is 0 Å². The number of hydrogen-bond donors (Lipinski definition) is 1. The molecule has 1 N–H and O–H groups in total. The molecule has 0 saturated heterocycles. The van der Waals surface area contributed by atoms with E-state index in [1.165, 1.54) is 5.56 Å². The molecule has 0 aromatic heterocycles. The molecule has 2 atom stereocenters. The summed E-state index contributed by atoms with van der Waals surface area (Å²) in [6.07, 6.45) is 0.0359. The third kappa shape index (κ3) is 4.75. The molecular weight excluding hydrogens is 322 g/mol. The lowest BCUT2D eigenvalue weighted by molar-refractivity contribution is -0.128. The lowest BCUT2D eigenvalue weighted by Crippen LogP contribution is -2.39. The van der Waals surface area contributed by atoms with Crippen LogP contribution in [0.1, 0.15) is 43.0 Å². The number of halogens is 1. The number of hydrogen-bond acceptors (Lipinski definition) is 2. The van der Waals surface area contributed by atoms with Crippen LogP contribution in [-0.2, 0) is 4.79 Å². The first-order valence-corrected chi connectivity index (χ1v) is 8.58. The maximum atomic E-state index is 12.6. The van der Waals surface area contributed by atoms with E-state index in [1.807, 2.05) is 13.8 Å². The van der Waals surface area contributed by atoms with Gasteiger partial charge in [-0.1, -0.05) is 48.4 Å². The van der Waals surface area contributed by atoms with Gasteiger partial charge in [-0.3, -0.25) is 4.79 Å². The lowest BCUT2D eigenvalue weighted by atomic mass is 10.00. The van der Waals surface area contributed by atoms with Crippen molar-refractivity contribution in [3.63, 3.8) is 0 Å². The van der Waals surface area contributed by atoms with Crippen LogP contribution in [0.2, 0.25) is 5.02 Å². The van der Waals surface area contributed by atoms with Gasteiger partial charge in [0.25, 0.3) is 5.91 Å². The van der Waals surface area contributed by atoms with Gasteiger partial charge in [0.2, 0.25) is 0 Å². The Morgan fingerprint density at radius 2 is 1.96 bits per heavy atom. The topological polar surface area (TPSA) is 38.3 Å². The molecule has 2 rings (SSSR count). The molecule has 2 aromatic carbocycles. The zero-order chi connectivity index (χ0) is 17.7. The van der Waals surface area contributed by atoms with Crippen molar-refractivity contribution < 1.29 is 9.53 Å². The van der Waals surface area contributed by atoms with Crippen molar-refractivity contribution in [2.45, 2.75) is 46.3 Å². The van der Waals surface area contributed by atoms with E-state index in [-0.39, 0.29) is 11.9 Å². The number of ether oxygens (including phenoxy) is 1. The number of aryl methyl sites for hydroxylation is 2. The predicted molar refractivity (Wildman–Crippen MR) is 98.6 cm³/mol. The van der Waals surface area contributed by atoms with Gasteiger partial charge < -0.3 is 10.1 Å². The average Bonchev–Trinajstić information content (AvgIpc) is 2.54. The summed E-state index contributed by atoms with van der Waals surface area (Å²) in [5.74, 6) is 0.481. The number of benzene rings is 2. The van der Waals surface area contributed by atoms with Crippen molar-refractivity contribution in [1.29, 1.82) is 0 Å². The van der Waals surface area contributed by atoms with Gasteiger partial charge in [0.15, 0.2) is 6.10 Å². The Kier molecular flexibility index (Phi) is 6.27. The number of rotatable bonds is 6. The normalized spacial score (nSPS) is 13.2. The van der Waals surface area contributed by atoms with Crippen molar-refractivity contribution in [3.05, 3.63) is 64.2 Å². The van der Waals surface area contributed by atoms with E-state index in [1.54, 1.807) is 24.3 Å². The molecule has 24 heavy (non-hydrogen) atoms. The summed E-state index contributed by atoms with van der Waals surface area (Å²) in [7, 11) is 0. The van der Waals surface area contributed by atoms with Crippen LogP contribution in [0.25, 0.3) is 0 Å². The molecule has 0 bridgehead atoms. The van der Waals surface area contributed by atoms with E-state index in [0.717, 1.165) is 11.1 Å². The summed E-state index contributed by atoms with van der Waals surface area (Å²) in [6.45, 7) is 8.02. The highest BCUT2D eigenvalue weighted by Gasteiger charge is 2.21. The summed E-state index contributed by atoms with van der Waals surface area (Å²) in [4.78, 5) is 12.6. The fourth-order valence-electron chi connectivity index (χ4n) is 2.64. The monoisotopic (exact) mass is 345 g/mol. The van der Waals surface area contributed by atoms with Gasteiger partial charge >= 0.3 is 0 Å². The fraction of sp³-hybridized carbons (Fsp3) is 0.350. The van der Waals surface area contributed by atoms with Crippen LogP contribution >= 0.6 is 11.6 Å². The van der Waals surface area contributed by atoms with Gasteiger partial charge in [0.05, 0.1) is 6.04 Å². The highest BCUT2D eigenvalue weighted by Crippen LogP contribution is 2.21. The number of amides is 1.